The van der Waals surface area contributed by atoms with Crippen molar-refractivity contribution in [3.05, 3.63) is 77.2 Å². The fraction of sp³-hybridized carbons (Fsp3) is 0.364. The van der Waals surface area contributed by atoms with E-state index in [1.54, 1.807) is 24.4 Å². The van der Waals surface area contributed by atoms with Crippen LogP contribution in [-0.2, 0) is 21.2 Å². The molecule has 1 atom stereocenters. The van der Waals surface area contributed by atoms with E-state index < -0.39 is 21.9 Å². The van der Waals surface area contributed by atoms with Crippen LogP contribution in [0.15, 0.2) is 65.7 Å². The third-order valence-electron chi connectivity index (χ3n) is 8.24. The SMILES string of the molecule is CCc1cc(-c2ccc(NS(=O)(=O)c3ccccc3Cl)c(F)c2)cc2cnc(NC3CCC(NC(=O)[C@@H](N)C(C)C)CC3)nc12. The van der Waals surface area contributed by atoms with Gasteiger partial charge in [0.15, 0.2) is 0 Å². The first-order valence-electron chi connectivity index (χ1n) is 15.1. The van der Waals surface area contributed by atoms with Crippen molar-refractivity contribution in [2.24, 2.45) is 11.7 Å². The van der Waals surface area contributed by atoms with Crippen LogP contribution in [0.1, 0.15) is 52.0 Å². The average Bonchev–Trinajstić information content (AvgIpc) is 3.02. The Kier molecular flexibility index (Phi) is 9.91. The van der Waals surface area contributed by atoms with Crippen molar-refractivity contribution in [2.75, 3.05) is 10.0 Å². The van der Waals surface area contributed by atoms with Crippen molar-refractivity contribution in [1.82, 2.24) is 15.3 Å². The molecule has 0 spiro atoms. The third kappa shape index (κ3) is 7.54. The van der Waals surface area contributed by atoms with Gasteiger partial charge in [0.1, 0.15) is 10.7 Å². The van der Waals surface area contributed by atoms with Gasteiger partial charge in [-0.2, -0.15) is 0 Å². The number of nitrogens with two attached hydrogens (primary N) is 1. The number of nitrogens with one attached hydrogen (secondary N) is 3. The number of sulfonamides is 1. The zero-order valence-corrected chi connectivity index (χ0v) is 27.1. The minimum atomic E-state index is -4.08. The lowest BCUT2D eigenvalue weighted by Gasteiger charge is -2.30. The van der Waals surface area contributed by atoms with Crippen LogP contribution in [-0.4, -0.2) is 42.4 Å². The maximum atomic E-state index is 15.2. The first-order valence-corrected chi connectivity index (χ1v) is 17.0. The van der Waals surface area contributed by atoms with Gasteiger partial charge < -0.3 is 16.4 Å². The van der Waals surface area contributed by atoms with E-state index in [1.165, 1.54) is 24.3 Å². The topological polar surface area (TPSA) is 139 Å². The highest BCUT2D eigenvalue weighted by Gasteiger charge is 2.26. The summed E-state index contributed by atoms with van der Waals surface area (Å²) in [5, 5.41) is 7.40. The molecule has 0 unspecified atom stereocenters. The second-order valence-corrected chi connectivity index (χ2v) is 13.9. The predicted molar refractivity (Wildman–Crippen MR) is 177 cm³/mol. The summed E-state index contributed by atoms with van der Waals surface area (Å²) in [5.41, 5.74) is 8.95. The van der Waals surface area contributed by atoms with Crippen LogP contribution in [0.3, 0.4) is 0 Å². The largest absolute Gasteiger partial charge is 0.352 e. The minimum absolute atomic E-state index is 0.0476. The summed E-state index contributed by atoms with van der Waals surface area (Å²) in [5.74, 6) is -0.176. The van der Waals surface area contributed by atoms with Crippen LogP contribution in [0.25, 0.3) is 22.0 Å². The highest BCUT2D eigenvalue weighted by molar-refractivity contribution is 7.92. The van der Waals surface area contributed by atoms with Crippen LogP contribution < -0.4 is 21.1 Å². The molecular weight excluding hydrogens is 615 g/mol. The number of halogens is 2. The van der Waals surface area contributed by atoms with E-state index in [1.807, 2.05) is 32.9 Å². The number of aromatic nitrogens is 2. The molecule has 1 aliphatic carbocycles. The summed E-state index contributed by atoms with van der Waals surface area (Å²) in [4.78, 5) is 21.6. The molecule has 4 aromatic rings. The predicted octanol–water partition coefficient (Wildman–Crippen LogP) is 6.28. The summed E-state index contributed by atoms with van der Waals surface area (Å²) in [6, 6.07) is 14.0. The van der Waals surface area contributed by atoms with Crippen LogP contribution in [0.5, 0.6) is 0 Å². The van der Waals surface area contributed by atoms with Crippen molar-refractivity contribution < 1.29 is 17.6 Å². The van der Waals surface area contributed by atoms with E-state index in [0.717, 1.165) is 47.7 Å². The van der Waals surface area contributed by atoms with Crippen LogP contribution in [0, 0.1) is 11.7 Å². The van der Waals surface area contributed by atoms with Crippen LogP contribution in [0.2, 0.25) is 5.02 Å². The van der Waals surface area contributed by atoms with Gasteiger partial charge in [-0.15, -0.1) is 0 Å². The Morgan fingerprint density at radius 2 is 1.76 bits per heavy atom. The van der Waals surface area contributed by atoms with Crippen molar-refractivity contribution in [3.8, 4) is 11.1 Å². The number of benzene rings is 3. The zero-order chi connectivity index (χ0) is 32.3. The number of anilines is 2. The third-order valence-corrected chi connectivity index (χ3v) is 10.1. The molecule has 1 amide bonds. The van der Waals surface area contributed by atoms with Crippen molar-refractivity contribution >= 4 is 50.1 Å². The Bertz CT molecular complexity index is 1810. The Morgan fingerprint density at radius 3 is 2.42 bits per heavy atom. The lowest BCUT2D eigenvalue weighted by atomic mass is 9.90. The maximum Gasteiger partial charge on any atom is 0.263 e. The van der Waals surface area contributed by atoms with Gasteiger partial charge in [0, 0.05) is 23.7 Å². The summed E-state index contributed by atoms with van der Waals surface area (Å²) in [7, 11) is -4.08. The van der Waals surface area contributed by atoms with Gasteiger partial charge in [0.05, 0.1) is 22.3 Å². The van der Waals surface area contributed by atoms with E-state index in [2.05, 4.69) is 20.3 Å². The van der Waals surface area contributed by atoms with Crippen molar-refractivity contribution in [1.29, 1.82) is 0 Å². The smallest absolute Gasteiger partial charge is 0.263 e. The second kappa shape index (κ2) is 13.7. The quantitative estimate of drug-likeness (QED) is 0.158. The number of nitrogens with zero attached hydrogens (tertiary/aromatic N) is 2. The molecule has 1 aliphatic rings. The second-order valence-electron chi connectivity index (χ2n) is 11.8. The maximum absolute atomic E-state index is 15.2. The molecule has 0 aliphatic heterocycles. The standard InChI is InChI=1S/C33H38ClFN6O3S/c1-4-20-15-22(21-9-14-28(27(35)17-21)41-45(43,44)29-8-6-5-7-26(29)34)16-23-18-37-33(40-31(20)23)39-25-12-10-24(11-13-25)38-32(42)30(36)19(2)3/h5-9,14-19,24-25,30,41H,4,10-13,36H2,1-3H3,(H,38,42)(H,37,39,40)/t24?,25?,30-/m0/s1. The molecule has 0 radical (unpaired) electrons. The number of hydrogen-bond donors (Lipinski definition) is 4. The summed E-state index contributed by atoms with van der Waals surface area (Å²) < 4.78 is 43.1. The normalized spacial score (nSPS) is 17.7. The highest BCUT2D eigenvalue weighted by Crippen LogP contribution is 2.32. The molecule has 3 aromatic carbocycles. The van der Waals surface area contributed by atoms with Crippen molar-refractivity contribution in [3.63, 3.8) is 0 Å². The van der Waals surface area contributed by atoms with Crippen LogP contribution >= 0.6 is 11.6 Å². The molecule has 1 saturated carbocycles. The molecular formula is C33H38ClFN6O3S. The molecule has 0 saturated heterocycles. The molecule has 1 heterocycles. The molecule has 1 aromatic heterocycles. The zero-order valence-electron chi connectivity index (χ0n) is 25.5. The van der Waals surface area contributed by atoms with Gasteiger partial charge in [-0.05, 0) is 91.1 Å². The Balaban J connectivity index is 1.28. The van der Waals surface area contributed by atoms with E-state index in [-0.39, 0.29) is 39.5 Å². The summed E-state index contributed by atoms with van der Waals surface area (Å²) in [6.07, 6.45) is 5.90. The molecule has 238 valence electrons. The number of hydrogen-bond acceptors (Lipinski definition) is 7. The van der Waals surface area contributed by atoms with Gasteiger partial charge in [-0.1, -0.05) is 50.6 Å². The first-order chi connectivity index (χ1) is 21.4. The van der Waals surface area contributed by atoms with Gasteiger partial charge in [-0.3, -0.25) is 9.52 Å². The Labute approximate surface area is 268 Å². The highest BCUT2D eigenvalue weighted by atomic mass is 35.5. The van der Waals surface area contributed by atoms with E-state index in [0.29, 0.717) is 17.9 Å². The fourth-order valence-electron chi connectivity index (χ4n) is 5.53. The molecule has 9 nitrogen and oxygen atoms in total. The van der Waals surface area contributed by atoms with Gasteiger partial charge in [0.2, 0.25) is 11.9 Å². The monoisotopic (exact) mass is 652 g/mol. The number of aryl methyl sites for hydroxylation is 1. The van der Waals surface area contributed by atoms with E-state index in [9.17, 15) is 13.2 Å². The number of fused-ring (bicyclic) bond motifs is 1. The van der Waals surface area contributed by atoms with Gasteiger partial charge in [-0.25, -0.2) is 22.8 Å². The van der Waals surface area contributed by atoms with Gasteiger partial charge >= 0.3 is 0 Å². The molecule has 5 rings (SSSR count). The minimum Gasteiger partial charge on any atom is -0.352 e. The van der Waals surface area contributed by atoms with E-state index >= 15 is 4.39 Å². The number of rotatable bonds is 10. The molecule has 0 bridgehead atoms. The number of carbonyl (C=O) groups excluding carboxylic acids is 1. The molecule has 12 heteroatoms. The van der Waals surface area contributed by atoms with Crippen molar-refractivity contribution in [2.45, 2.75) is 75.9 Å². The Hall–Kier alpha value is -3.80. The molecule has 5 N–H and O–H groups in total. The first kappa shape index (κ1) is 32.6. The van der Waals surface area contributed by atoms with E-state index in [4.69, 9.17) is 22.3 Å². The summed E-state index contributed by atoms with van der Waals surface area (Å²) >= 11 is 6.05. The number of carbonyl (C=O) groups is 1. The molecule has 1 fully saturated rings. The van der Waals surface area contributed by atoms with Crippen LogP contribution in [0.4, 0.5) is 16.0 Å². The molecule has 45 heavy (non-hydrogen) atoms. The lowest BCUT2D eigenvalue weighted by molar-refractivity contribution is -0.124. The average molecular weight is 653 g/mol. The van der Waals surface area contributed by atoms with Gasteiger partial charge in [0.25, 0.3) is 10.0 Å². The fourth-order valence-corrected chi connectivity index (χ4v) is 7.12. The summed E-state index contributed by atoms with van der Waals surface area (Å²) in [6.45, 7) is 5.91. The Morgan fingerprint density at radius 1 is 1.04 bits per heavy atom. The lowest BCUT2D eigenvalue weighted by Crippen LogP contribution is -2.49. The number of amides is 1.